The fourth-order valence-corrected chi connectivity index (χ4v) is 3.14. The molecule has 0 saturated carbocycles. The average molecular weight is 392 g/mol. The van der Waals surface area contributed by atoms with Gasteiger partial charge in [-0.15, -0.1) is 5.10 Å². The largest absolute Gasteiger partial charge is 0.396 e. The van der Waals surface area contributed by atoms with E-state index in [-0.39, 0.29) is 11.7 Å². The van der Waals surface area contributed by atoms with Gasteiger partial charge in [0.25, 0.3) is 0 Å². The molecule has 0 radical (unpaired) electrons. The summed E-state index contributed by atoms with van der Waals surface area (Å²) >= 11 is 0. The number of piperidine rings is 1. The van der Waals surface area contributed by atoms with E-state index in [0.717, 1.165) is 25.9 Å². The van der Waals surface area contributed by atoms with Gasteiger partial charge in [0.15, 0.2) is 0 Å². The highest BCUT2D eigenvalue weighted by atomic mass is 19.1. The van der Waals surface area contributed by atoms with E-state index < -0.39 is 5.82 Å². The van der Waals surface area contributed by atoms with Crippen LogP contribution in [-0.2, 0) is 7.05 Å². The molecule has 9 heteroatoms. The predicted octanol–water partition coefficient (Wildman–Crippen LogP) is 1.32. The van der Waals surface area contributed by atoms with Gasteiger partial charge in [0.1, 0.15) is 11.5 Å². The van der Waals surface area contributed by atoms with Gasteiger partial charge in [0.05, 0.1) is 23.1 Å². The number of aromatic nitrogens is 5. The maximum absolute atomic E-state index is 14.1. The lowest BCUT2D eigenvalue weighted by Crippen LogP contribution is -2.40. The zero-order chi connectivity index (χ0) is 20.4. The SMILES string of the molecule is Cn1nncc1C#Cc1cnc(N2CCC(N)CC2)nc1-c1ccc(N)c(F)c1. The molecule has 3 heterocycles. The Bertz CT molecular complexity index is 1090. The van der Waals surface area contributed by atoms with Crippen LogP contribution < -0.4 is 16.4 Å². The van der Waals surface area contributed by atoms with Crippen LogP contribution in [-0.4, -0.2) is 44.1 Å². The summed E-state index contributed by atoms with van der Waals surface area (Å²) in [4.78, 5) is 11.3. The number of aryl methyl sites for hydroxylation is 1. The molecule has 1 aliphatic rings. The van der Waals surface area contributed by atoms with Crippen molar-refractivity contribution in [3.63, 3.8) is 0 Å². The summed E-state index contributed by atoms with van der Waals surface area (Å²) in [6.45, 7) is 1.56. The van der Waals surface area contributed by atoms with E-state index in [0.29, 0.717) is 28.5 Å². The van der Waals surface area contributed by atoms with Crippen LogP contribution in [0.5, 0.6) is 0 Å². The summed E-state index contributed by atoms with van der Waals surface area (Å²) in [5.74, 6) is 6.15. The molecule has 3 aromatic rings. The van der Waals surface area contributed by atoms with Crippen LogP contribution >= 0.6 is 0 Å². The van der Waals surface area contributed by atoms with Gasteiger partial charge in [-0.2, -0.15) is 0 Å². The van der Waals surface area contributed by atoms with Gasteiger partial charge in [-0.1, -0.05) is 17.2 Å². The number of anilines is 2. The molecule has 1 saturated heterocycles. The lowest BCUT2D eigenvalue weighted by atomic mass is 10.1. The van der Waals surface area contributed by atoms with Crippen LogP contribution in [0.4, 0.5) is 16.0 Å². The second kappa shape index (κ2) is 7.85. The van der Waals surface area contributed by atoms with Gasteiger partial charge in [0.2, 0.25) is 5.95 Å². The van der Waals surface area contributed by atoms with E-state index in [1.54, 1.807) is 30.2 Å². The van der Waals surface area contributed by atoms with Gasteiger partial charge in [-0.3, -0.25) is 0 Å². The van der Waals surface area contributed by atoms with Crippen molar-refractivity contribution in [2.24, 2.45) is 12.8 Å². The Kier molecular flexibility index (Phi) is 5.10. The normalized spacial score (nSPS) is 14.5. The van der Waals surface area contributed by atoms with Gasteiger partial charge >= 0.3 is 0 Å². The Balaban J connectivity index is 1.77. The summed E-state index contributed by atoms with van der Waals surface area (Å²) in [6.07, 6.45) is 4.99. The van der Waals surface area contributed by atoms with E-state index >= 15 is 0 Å². The van der Waals surface area contributed by atoms with E-state index in [1.807, 2.05) is 0 Å². The zero-order valence-corrected chi connectivity index (χ0v) is 16.0. The fourth-order valence-electron chi connectivity index (χ4n) is 3.14. The van der Waals surface area contributed by atoms with Crippen molar-refractivity contribution in [3.8, 4) is 23.1 Å². The molecule has 29 heavy (non-hydrogen) atoms. The number of nitrogens with two attached hydrogens (primary N) is 2. The second-order valence-corrected chi connectivity index (χ2v) is 6.99. The third kappa shape index (κ3) is 4.02. The first-order valence-electron chi connectivity index (χ1n) is 9.31. The van der Waals surface area contributed by atoms with Crippen molar-refractivity contribution in [1.29, 1.82) is 0 Å². The van der Waals surface area contributed by atoms with E-state index in [9.17, 15) is 4.39 Å². The third-order valence-corrected chi connectivity index (χ3v) is 4.91. The highest BCUT2D eigenvalue weighted by molar-refractivity contribution is 5.70. The summed E-state index contributed by atoms with van der Waals surface area (Å²) in [5, 5.41) is 7.68. The molecule has 0 atom stereocenters. The predicted molar refractivity (Wildman–Crippen MR) is 108 cm³/mol. The molecule has 1 aliphatic heterocycles. The topological polar surface area (TPSA) is 112 Å². The summed E-state index contributed by atoms with van der Waals surface area (Å²) in [5.41, 5.74) is 14.1. The zero-order valence-electron chi connectivity index (χ0n) is 16.0. The molecule has 0 spiro atoms. The average Bonchev–Trinajstić information content (AvgIpc) is 3.14. The Morgan fingerprint density at radius 3 is 2.66 bits per heavy atom. The van der Waals surface area contributed by atoms with Crippen molar-refractivity contribution >= 4 is 11.6 Å². The Morgan fingerprint density at radius 1 is 1.17 bits per heavy atom. The molecule has 1 fully saturated rings. The van der Waals surface area contributed by atoms with Crippen molar-refractivity contribution in [3.05, 3.63) is 47.7 Å². The van der Waals surface area contributed by atoms with E-state index in [4.69, 9.17) is 16.5 Å². The molecule has 1 aromatic carbocycles. The molecule has 0 aliphatic carbocycles. The Morgan fingerprint density at radius 2 is 1.97 bits per heavy atom. The van der Waals surface area contributed by atoms with Crippen molar-refractivity contribution in [2.45, 2.75) is 18.9 Å². The highest BCUT2D eigenvalue weighted by Gasteiger charge is 2.20. The van der Waals surface area contributed by atoms with Crippen LogP contribution in [0.15, 0.2) is 30.6 Å². The second-order valence-electron chi connectivity index (χ2n) is 6.99. The summed E-state index contributed by atoms with van der Waals surface area (Å²) in [6, 6.07) is 4.82. The maximum atomic E-state index is 14.1. The lowest BCUT2D eigenvalue weighted by Gasteiger charge is -2.30. The summed E-state index contributed by atoms with van der Waals surface area (Å²) < 4.78 is 15.7. The minimum atomic E-state index is -0.499. The minimum Gasteiger partial charge on any atom is -0.396 e. The molecule has 8 nitrogen and oxygen atoms in total. The molecule has 0 bridgehead atoms. The number of halogens is 1. The third-order valence-electron chi connectivity index (χ3n) is 4.91. The molecule has 4 rings (SSSR count). The van der Waals surface area contributed by atoms with Gasteiger partial charge in [0, 0.05) is 37.9 Å². The van der Waals surface area contributed by atoms with E-state index in [1.165, 1.54) is 12.1 Å². The van der Waals surface area contributed by atoms with Crippen LogP contribution in [0.1, 0.15) is 24.1 Å². The van der Waals surface area contributed by atoms with Gasteiger partial charge in [-0.25, -0.2) is 19.0 Å². The van der Waals surface area contributed by atoms with Crippen molar-refractivity contribution in [1.82, 2.24) is 25.0 Å². The number of hydrogen-bond acceptors (Lipinski definition) is 7. The first kappa shape index (κ1) is 18.8. The standard InChI is InChI=1S/C20H21FN8/c1-28-16(12-25-27-28)4-2-14-11-24-20(29-8-6-15(22)7-9-29)26-19(14)13-3-5-18(23)17(21)10-13/h3,5,10-12,15H,6-9,22-23H2,1H3. The number of benzene rings is 1. The Labute approximate surface area is 167 Å². The molecule has 2 aromatic heterocycles. The van der Waals surface area contributed by atoms with E-state index in [2.05, 4.69) is 32.0 Å². The molecular weight excluding hydrogens is 371 g/mol. The van der Waals surface area contributed by atoms with Gasteiger partial charge < -0.3 is 16.4 Å². The maximum Gasteiger partial charge on any atom is 0.225 e. The smallest absolute Gasteiger partial charge is 0.225 e. The molecule has 148 valence electrons. The van der Waals surface area contributed by atoms with Crippen LogP contribution in [0, 0.1) is 17.7 Å². The number of nitrogens with zero attached hydrogens (tertiary/aromatic N) is 6. The van der Waals surface area contributed by atoms with Crippen LogP contribution in [0.3, 0.4) is 0 Å². The Hall–Kier alpha value is -3.51. The summed E-state index contributed by atoms with van der Waals surface area (Å²) in [7, 11) is 1.76. The van der Waals surface area contributed by atoms with Crippen molar-refractivity contribution < 1.29 is 4.39 Å². The van der Waals surface area contributed by atoms with Crippen LogP contribution in [0.2, 0.25) is 0 Å². The molecule has 0 amide bonds. The molecule has 4 N–H and O–H groups in total. The monoisotopic (exact) mass is 392 g/mol. The first-order chi connectivity index (χ1) is 14.0. The van der Waals surface area contributed by atoms with Crippen molar-refractivity contribution in [2.75, 3.05) is 23.7 Å². The lowest BCUT2D eigenvalue weighted by molar-refractivity contribution is 0.495. The number of hydrogen-bond donors (Lipinski definition) is 2. The van der Waals surface area contributed by atoms with Gasteiger partial charge in [-0.05, 0) is 30.9 Å². The van der Waals surface area contributed by atoms with Crippen LogP contribution in [0.25, 0.3) is 11.3 Å². The number of nitrogen functional groups attached to an aromatic ring is 1. The molecule has 0 unspecified atom stereocenters. The quantitative estimate of drug-likeness (QED) is 0.500. The highest BCUT2D eigenvalue weighted by Crippen LogP contribution is 2.26. The fraction of sp³-hybridized carbons (Fsp3) is 0.300. The molecular formula is C20H21FN8. The number of rotatable bonds is 2. The minimum absolute atomic E-state index is 0.0849. The first-order valence-corrected chi connectivity index (χ1v) is 9.31.